The molecule has 6 N–H and O–H groups in total. The zero-order valence-corrected chi connectivity index (χ0v) is 43.9. The number of hydrogen-bond donors (Lipinski definition) is 6. The van der Waals surface area contributed by atoms with Crippen LogP contribution < -0.4 is 30.2 Å². The first-order valence-electron chi connectivity index (χ1n) is 24.4. The Labute approximate surface area is 457 Å². The number of aryl methyl sites for hydroxylation is 3. The monoisotopic (exact) mass is 1090 g/mol. The molecule has 15 nitrogen and oxygen atoms in total. The predicted molar refractivity (Wildman–Crippen MR) is 297 cm³/mol. The molecule has 0 bridgehead atoms. The second-order valence-electron chi connectivity index (χ2n) is 17.5. The number of nitrogens with zero attached hydrogens (tertiary/aromatic N) is 3. The third kappa shape index (κ3) is 14.2. The highest BCUT2D eigenvalue weighted by Gasteiger charge is 2.20. The zero-order chi connectivity index (χ0) is 57.6. The largest absolute Gasteiger partial charge is 0.497 e. The Bertz CT molecular complexity index is 3730. The molecule has 0 aliphatic carbocycles. The molecule has 6 aromatic carbocycles. The van der Waals surface area contributed by atoms with Crippen molar-refractivity contribution < 1.29 is 61.5 Å². The van der Waals surface area contributed by atoms with E-state index < -0.39 is 46.9 Å². The highest BCUT2D eigenvalue weighted by atomic mass is 19.1. The minimum absolute atomic E-state index is 0.0250. The smallest absolute Gasteiger partial charge is 0.339 e. The standard InChI is InChI=1S/C21H19FN2O3.C20H16F2N2O3.C20H17FN2O3/c1-3-27-15-7-4-6-14(11-15)17-12-18(22)19(10-13(17)2)24-20-16(21(25)26)8-5-9-23-20;1-11-6-15(20(25)26)19(23-10-11)24-18-16(21)8-13(9-17(18)22)12-4-3-5-14(7-12)27-2;1-12-9-18(23-19-15(20(24)25)7-4-8-22-19)17(21)11-16(12)13-5-3-6-14(10-13)26-2/h4-12H,3H2,1-2H3,(H,23,24)(H,25,26);3-10H,1-2H3,(H,23,24)(H,25,26);3-11H,1-2H3,(H,22,23)(H,24,25). The van der Waals surface area contributed by atoms with Crippen molar-refractivity contribution in [3.63, 3.8) is 0 Å². The van der Waals surface area contributed by atoms with Crippen molar-refractivity contribution in [1.29, 1.82) is 0 Å². The number of aromatic nitrogens is 3. The van der Waals surface area contributed by atoms with Gasteiger partial charge in [-0.2, -0.15) is 0 Å². The van der Waals surface area contributed by atoms with E-state index in [1.807, 2.05) is 69.3 Å². The summed E-state index contributed by atoms with van der Waals surface area (Å²) in [6.45, 7) is 7.85. The first-order chi connectivity index (χ1) is 38.4. The van der Waals surface area contributed by atoms with Crippen LogP contribution in [0.3, 0.4) is 0 Å². The molecule has 0 atom stereocenters. The van der Waals surface area contributed by atoms with Gasteiger partial charge in [-0.05, 0) is 181 Å². The maximum atomic E-state index is 14.7. The number of hydrogen-bond acceptors (Lipinski definition) is 12. The van der Waals surface area contributed by atoms with E-state index in [9.17, 15) is 47.3 Å². The fourth-order valence-corrected chi connectivity index (χ4v) is 8.11. The Morgan fingerprint density at radius 1 is 0.475 bits per heavy atom. The number of carboxylic acid groups (broad SMARTS) is 3. The average molecular weight is 1090 g/mol. The number of pyridine rings is 3. The lowest BCUT2D eigenvalue weighted by molar-refractivity contribution is 0.0686. The van der Waals surface area contributed by atoms with Gasteiger partial charge in [0.15, 0.2) is 0 Å². The molecule has 0 saturated heterocycles. The van der Waals surface area contributed by atoms with Crippen molar-refractivity contribution in [3.8, 4) is 50.6 Å². The fourth-order valence-electron chi connectivity index (χ4n) is 8.11. The molecule has 0 saturated carbocycles. The van der Waals surface area contributed by atoms with Crippen molar-refractivity contribution in [2.75, 3.05) is 36.8 Å². The van der Waals surface area contributed by atoms with Crippen molar-refractivity contribution in [3.05, 3.63) is 215 Å². The number of carbonyl (C=O) groups is 3. The third-order valence-electron chi connectivity index (χ3n) is 12.0. The molecule has 0 aliphatic heterocycles. The van der Waals surface area contributed by atoms with Crippen LogP contribution in [0.1, 0.15) is 54.7 Å². The summed E-state index contributed by atoms with van der Waals surface area (Å²) in [4.78, 5) is 45.9. The van der Waals surface area contributed by atoms with Crippen molar-refractivity contribution >= 4 is 52.4 Å². The van der Waals surface area contributed by atoms with Crippen LogP contribution in [0, 0.1) is 44.0 Å². The van der Waals surface area contributed by atoms with Crippen molar-refractivity contribution in [2.45, 2.75) is 27.7 Å². The molecule has 408 valence electrons. The van der Waals surface area contributed by atoms with Gasteiger partial charge in [0.1, 0.15) is 80.3 Å². The number of rotatable bonds is 16. The van der Waals surface area contributed by atoms with Crippen LogP contribution in [0.2, 0.25) is 0 Å². The number of nitrogens with one attached hydrogen (secondary N) is 3. The Kier molecular flexibility index (Phi) is 18.8. The third-order valence-corrected chi connectivity index (χ3v) is 12.0. The maximum absolute atomic E-state index is 14.7. The van der Waals surface area contributed by atoms with E-state index in [0.717, 1.165) is 51.3 Å². The molecule has 80 heavy (non-hydrogen) atoms. The maximum Gasteiger partial charge on any atom is 0.339 e. The lowest BCUT2D eigenvalue weighted by atomic mass is 9.99. The predicted octanol–water partition coefficient (Wildman–Crippen LogP) is 14.5. The normalized spacial score (nSPS) is 10.5. The summed E-state index contributed by atoms with van der Waals surface area (Å²) in [5, 5.41) is 35.7. The molecular weight excluding hydrogens is 1040 g/mol. The Hall–Kier alpha value is -10.3. The van der Waals surface area contributed by atoms with Crippen LogP contribution in [0.25, 0.3) is 33.4 Å². The van der Waals surface area contributed by atoms with E-state index in [1.54, 1.807) is 50.4 Å². The molecule has 3 heterocycles. The number of halogens is 4. The molecule has 9 rings (SSSR count). The second kappa shape index (κ2) is 26.2. The van der Waals surface area contributed by atoms with E-state index in [-0.39, 0.29) is 45.5 Å². The summed E-state index contributed by atoms with van der Waals surface area (Å²) in [5.41, 5.74) is 5.95. The highest BCUT2D eigenvalue weighted by molar-refractivity contribution is 5.95. The first-order valence-corrected chi connectivity index (χ1v) is 24.4. The summed E-state index contributed by atoms with van der Waals surface area (Å²) >= 11 is 0. The zero-order valence-electron chi connectivity index (χ0n) is 43.9. The fraction of sp³-hybridized carbons (Fsp3) is 0.115. The lowest BCUT2D eigenvalue weighted by Gasteiger charge is -2.14. The molecule has 9 aromatic rings. The summed E-state index contributed by atoms with van der Waals surface area (Å²) in [6, 6.07) is 37.3. The minimum atomic E-state index is -1.25. The number of methoxy groups -OCH3 is 2. The quantitative estimate of drug-likeness (QED) is 0.0497. The van der Waals surface area contributed by atoms with E-state index in [4.69, 9.17) is 14.2 Å². The second-order valence-corrected chi connectivity index (χ2v) is 17.5. The number of benzene rings is 6. The number of anilines is 6. The van der Waals surface area contributed by atoms with Gasteiger partial charge in [-0.1, -0.05) is 36.4 Å². The molecule has 19 heteroatoms. The number of carboxylic acids is 3. The summed E-state index contributed by atoms with van der Waals surface area (Å²) in [6.07, 6.45) is 4.31. The first kappa shape index (κ1) is 57.4. The van der Waals surface area contributed by atoms with Gasteiger partial charge in [-0.3, -0.25) is 0 Å². The summed E-state index contributed by atoms with van der Waals surface area (Å²) in [7, 11) is 3.08. The number of aromatic carboxylic acids is 3. The van der Waals surface area contributed by atoms with E-state index in [0.29, 0.717) is 34.8 Å². The SMILES string of the molecule is CCOc1cccc(-c2cc(F)c(Nc3ncccc3C(=O)O)cc2C)c1.COc1cccc(-c2cc(F)c(Nc3ncc(C)cc3C(=O)O)c(F)c2)c1.COc1cccc(-c2cc(F)c(Nc3ncccc3C(=O)O)cc2C)c1. The van der Waals surface area contributed by atoms with Crippen LogP contribution in [0.5, 0.6) is 17.2 Å². The number of ether oxygens (including phenoxy) is 3. The van der Waals surface area contributed by atoms with Crippen LogP contribution in [-0.2, 0) is 0 Å². The van der Waals surface area contributed by atoms with Crippen LogP contribution in [0.4, 0.5) is 52.1 Å². The van der Waals surface area contributed by atoms with Gasteiger partial charge < -0.3 is 45.5 Å². The van der Waals surface area contributed by atoms with E-state index >= 15 is 0 Å². The van der Waals surface area contributed by atoms with Gasteiger partial charge in [-0.15, -0.1) is 0 Å². The Morgan fingerprint density at radius 3 is 1.38 bits per heavy atom. The summed E-state index contributed by atoms with van der Waals surface area (Å²) < 4.78 is 74.3. The van der Waals surface area contributed by atoms with Gasteiger partial charge in [0.05, 0.1) is 32.2 Å². The molecule has 0 spiro atoms. The molecule has 0 aliphatic rings. The van der Waals surface area contributed by atoms with Crippen LogP contribution in [0.15, 0.2) is 158 Å². The topological polar surface area (TPSA) is 214 Å². The molecular formula is C61H52F4N6O9. The van der Waals surface area contributed by atoms with Gasteiger partial charge in [0.2, 0.25) is 0 Å². The average Bonchev–Trinajstić information content (AvgIpc) is 3.49. The van der Waals surface area contributed by atoms with Gasteiger partial charge in [0, 0.05) is 18.6 Å². The van der Waals surface area contributed by atoms with Crippen LogP contribution in [-0.4, -0.2) is 69.0 Å². The lowest BCUT2D eigenvalue weighted by Crippen LogP contribution is -2.07. The Morgan fingerprint density at radius 2 is 0.912 bits per heavy atom. The van der Waals surface area contributed by atoms with Gasteiger partial charge >= 0.3 is 17.9 Å². The summed E-state index contributed by atoms with van der Waals surface area (Å²) in [5.74, 6) is -4.25. The molecule has 0 amide bonds. The molecule has 0 unspecified atom stereocenters. The van der Waals surface area contributed by atoms with Gasteiger partial charge in [0.25, 0.3) is 0 Å². The highest BCUT2D eigenvalue weighted by Crippen LogP contribution is 2.35. The van der Waals surface area contributed by atoms with E-state index in [1.165, 1.54) is 68.2 Å². The van der Waals surface area contributed by atoms with E-state index in [2.05, 4.69) is 30.9 Å². The van der Waals surface area contributed by atoms with Crippen LogP contribution >= 0.6 is 0 Å². The molecule has 0 radical (unpaired) electrons. The molecule has 3 aromatic heterocycles. The Balaban J connectivity index is 0.000000173. The van der Waals surface area contributed by atoms with Gasteiger partial charge in [-0.25, -0.2) is 46.9 Å². The van der Waals surface area contributed by atoms with Crippen molar-refractivity contribution in [1.82, 2.24) is 15.0 Å². The molecule has 0 fully saturated rings. The van der Waals surface area contributed by atoms with Crippen molar-refractivity contribution in [2.24, 2.45) is 0 Å². The minimum Gasteiger partial charge on any atom is -0.497 e.